The smallest absolute Gasteiger partial charge is 0.241 e. The van der Waals surface area contributed by atoms with Crippen molar-refractivity contribution in [2.45, 2.75) is 50.2 Å². The Bertz CT molecular complexity index is 590. The first-order valence-corrected chi connectivity index (χ1v) is 8.70. The Labute approximate surface area is 127 Å². The third kappa shape index (κ3) is 3.56. The van der Waals surface area contributed by atoms with E-state index in [-0.39, 0.29) is 12.1 Å². The number of aryl methyl sites for hydroxylation is 2. The van der Waals surface area contributed by atoms with E-state index < -0.39 is 10.0 Å². The molecule has 1 aliphatic rings. The van der Waals surface area contributed by atoms with Crippen molar-refractivity contribution in [2.24, 2.45) is 0 Å². The summed E-state index contributed by atoms with van der Waals surface area (Å²) in [6.45, 7) is 3.66. The number of anilines is 1. The Morgan fingerprint density at radius 2 is 1.81 bits per heavy atom. The van der Waals surface area contributed by atoms with E-state index in [4.69, 9.17) is 4.74 Å². The fraction of sp³-hybridized carbons (Fsp3) is 0.600. The van der Waals surface area contributed by atoms with E-state index in [0.29, 0.717) is 4.90 Å². The van der Waals surface area contributed by atoms with Gasteiger partial charge in [0.2, 0.25) is 10.0 Å². The first kappa shape index (κ1) is 16.3. The maximum Gasteiger partial charge on any atom is 0.241 e. The van der Waals surface area contributed by atoms with E-state index in [9.17, 15) is 8.42 Å². The quantitative estimate of drug-likeness (QED) is 0.874. The molecule has 1 saturated carbocycles. The minimum Gasteiger partial charge on any atom is -0.388 e. The van der Waals surface area contributed by atoms with Gasteiger partial charge in [-0.3, -0.25) is 0 Å². The van der Waals surface area contributed by atoms with Gasteiger partial charge in [0.05, 0.1) is 11.0 Å². The van der Waals surface area contributed by atoms with Crippen LogP contribution in [-0.4, -0.2) is 34.7 Å². The van der Waals surface area contributed by atoms with Gasteiger partial charge < -0.3 is 10.1 Å². The topological polar surface area (TPSA) is 67.4 Å². The molecule has 1 aromatic carbocycles. The Hall–Kier alpha value is -1.11. The molecule has 1 aromatic rings. The summed E-state index contributed by atoms with van der Waals surface area (Å²) in [6, 6.07) is 3.67. The van der Waals surface area contributed by atoms with E-state index >= 15 is 0 Å². The highest BCUT2D eigenvalue weighted by molar-refractivity contribution is 7.89. The highest BCUT2D eigenvalue weighted by Gasteiger charge is 2.30. The summed E-state index contributed by atoms with van der Waals surface area (Å²) >= 11 is 0. The van der Waals surface area contributed by atoms with Crippen molar-refractivity contribution >= 4 is 15.7 Å². The van der Waals surface area contributed by atoms with Crippen LogP contribution in [0.3, 0.4) is 0 Å². The minimum absolute atomic E-state index is 0.0391. The van der Waals surface area contributed by atoms with E-state index in [1.54, 1.807) is 7.11 Å². The molecule has 2 rings (SSSR count). The molecule has 0 spiro atoms. The predicted molar refractivity (Wildman–Crippen MR) is 84.2 cm³/mol. The van der Waals surface area contributed by atoms with Crippen molar-refractivity contribution in [1.29, 1.82) is 0 Å². The average Bonchev–Trinajstić information content (AvgIpc) is 2.84. The largest absolute Gasteiger partial charge is 0.388 e. The lowest BCUT2D eigenvalue weighted by atomic mass is 10.1. The summed E-state index contributed by atoms with van der Waals surface area (Å²) in [7, 11) is 0.00139. The second-order valence-corrected chi connectivity index (χ2v) is 7.33. The Kier molecular flexibility index (Phi) is 4.91. The van der Waals surface area contributed by atoms with Crippen LogP contribution in [0.1, 0.15) is 30.4 Å². The van der Waals surface area contributed by atoms with Crippen LogP contribution >= 0.6 is 0 Å². The molecule has 0 heterocycles. The zero-order chi connectivity index (χ0) is 15.6. The van der Waals surface area contributed by atoms with Crippen molar-refractivity contribution in [3.05, 3.63) is 23.3 Å². The number of nitrogens with one attached hydrogen (secondary N) is 2. The van der Waals surface area contributed by atoms with E-state index in [1.165, 1.54) is 0 Å². The predicted octanol–water partition coefficient (Wildman–Crippen LogP) is 2.19. The summed E-state index contributed by atoms with van der Waals surface area (Å²) in [5, 5.41) is 3.04. The van der Waals surface area contributed by atoms with Gasteiger partial charge in [-0.15, -0.1) is 0 Å². The molecule has 118 valence electrons. The number of ether oxygens (including phenoxy) is 1. The zero-order valence-corrected chi connectivity index (χ0v) is 13.9. The van der Waals surface area contributed by atoms with E-state index in [1.807, 2.05) is 33.0 Å². The van der Waals surface area contributed by atoms with Crippen LogP contribution in [0.2, 0.25) is 0 Å². The number of rotatable bonds is 5. The molecule has 5 nitrogen and oxygen atoms in total. The fourth-order valence-electron chi connectivity index (χ4n) is 3.06. The van der Waals surface area contributed by atoms with Crippen LogP contribution < -0.4 is 10.0 Å². The van der Waals surface area contributed by atoms with Gasteiger partial charge in [-0.05, 0) is 56.4 Å². The third-order valence-corrected chi connectivity index (χ3v) is 5.88. The molecule has 6 heteroatoms. The molecule has 0 bridgehead atoms. The summed E-state index contributed by atoms with van der Waals surface area (Å²) in [4.78, 5) is 0.391. The van der Waals surface area contributed by atoms with Crippen LogP contribution in [-0.2, 0) is 14.8 Å². The van der Waals surface area contributed by atoms with Gasteiger partial charge >= 0.3 is 0 Å². The summed E-state index contributed by atoms with van der Waals surface area (Å²) in [6.07, 6.45) is 2.62. The summed E-state index contributed by atoms with van der Waals surface area (Å²) in [5.41, 5.74) is 2.44. The molecule has 2 N–H and O–H groups in total. The van der Waals surface area contributed by atoms with Crippen molar-refractivity contribution < 1.29 is 13.2 Å². The first-order chi connectivity index (χ1) is 9.87. The highest BCUT2D eigenvalue weighted by atomic mass is 32.2. The van der Waals surface area contributed by atoms with Crippen molar-refractivity contribution in [3.8, 4) is 0 Å². The van der Waals surface area contributed by atoms with E-state index in [0.717, 1.165) is 36.1 Å². The van der Waals surface area contributed by atoms with Crippen LogP contribution in [0.4, 0.5) is 5.69 Å². The molecule has 1 aliphatic carbocycles. The van der Waals surface area contributed by atoms with Crippen LogP contribution in [0.5, 0.6) is 0 Å². The van der Waals surface area contributed by atoms with Gasteiger partial charge in [-0.2, -0.15) is 0 Å². The molecular formula is C15H24N2O3S. The maximum atomic E-state index is 12.7. The van der Waals surface area contributed by atoms with Gasteiger partial charge in [0.25, 0.3) is 0 Å². The summed E-state index contributed by atoms with van der Waals surface area (Å²) < 4.78 is 33.4. The lowest BCUT2D eigenvalue weighted by molar-refractivity contribution is 0.107. The standard InChI is InChI=1S/C15H24N2O3S/c1-10-7-13(16-3)8-11(2)15(10)21(18,19)17-12-5-6-14(9-12)20-4/h7-8,12,14,16-17H,5-6,9H2,1-4H3. The molecule has 0 radical (unpaired) electrons. The van der Waals surface area contributed by atoms with Gasteiger partial charge in [0, 0.05) is 25.9 Å². The highest BCUT2D eigenvalue weighted by Crippen LogP contribution is 2.27. The number of methoxy groups -OCH3 is 1. The molecule has 0 aromatic heterocycles. The van der Waals surface area contributed by atoms with Gasteiger partial charge in [0.15, 0.2) is 0 Å². The Balaban J connectivity index is 2.24. The van der Waals surface area contributed by atoms with Crippen LogP contribution in [0.15, 0.2) is 17.0 Å². The second-order valence-electron chi connectivity index (χ2n) is 5.68. The van der Waals surface area contributed by atoms with E-state index in [2.05, 4.69) is 10.0 Å². The fourth-order valence-corrected chi connectivity index (χ4v) is 4.79. The Morgan fingerprint density at radius 1 is 1.19 bits per heavy atom. The second kappa shape index (κ2) is 6.34. The molecule has 0 amide bonds. The van der Waals surface area contributed by atoms with Gasteiger partial charge in [-0.25, -0.2) is 13.1 Å². The van der Waals surface area contributed by atoms with Crippen molar-refractivity contribution in [2.75, 3.05) is 19.5 Å². The molecule has 0 aliphatic heterocycles. The van der Waals surface area contributed by atoms with Crippen molar-refractivity contribution in [1.82, 2.24) is 4.72 Å². The lowest BCUT2D eigenvalue weighted by Gasteiger charge is -2.17. The first-order valence-electron chi connectivity index (χ1n) is 7.21. The van der Waals surface area contributed by atoms with Crippen LogP contribution in [0.25, 0.3) is 0 Å². The molecule has 1 fully saturated rings. The zero-order valence-electron chi connectivity index (χ0n) is 13.1. The number of benzene rings is 1. The lowest BCUT2D eigenvalue weighted by Crippen LogP contribution is -2.34. The molecule has 2 atom stereocenters. The molecule has 21 heavy (non-hydrogen) atoms. The Morgan fingerprint density at radius 3 is 2.29 bits per heavy atom. The number of hydrogen-bond donors (Lipinski definition) is 2. The third-order valence-electron chi connectivity index (χ3n) is 4.06. The molecule has 0 saturated heterocycles. The SMILES string of the molecule is CNc1cc(C)c(S(=O)(=O)NC2CCC(OC)C2)c(C)c1. The van der Waals surface area contributed by atoms with Crippen molar-refractivity contribution in [3.63, 3.8) is 0 Å². The van der Waals surface area contributed by atoms with Crippen LogP contribution in [0, 0.1) is 13.8 Å². The average molecular weight is 312 g/mol. The maximum absolute atomic E-state index is 12.7. The van der Waals surface area contributed by atoms with Gasteiger partial charge in [-0.1, -0.05) is 0 Å². The number of sulfonamides is 1. The molecular weight excluding hydrogens is 288 g/mol. The number of hydrogen-bond acceptors (Lipinski definition) is 4. The molecule has 2 unspecified atom stereocenters. The van der Waals surface area contributed by atoms with Gasteiger partial charge in [0.1, 0.15) is 0 Å². The monoisotopic (exact) mass is 312 g/mol. The minimum atomic E-state index is -3.50. The summed E-state index contributed by atoms with van der Waals surface area (Å²) in [5.74, 6) is 0. The normalized spacial score (nSPS) is 22.5.